The van der Waals surface area contributed by atoms with Crippen LogP contribution in [-0.4, -0.2) is 10.4 Å². The Morgan fingerprint density at radius 1 is 0.762 bits per heavy atom. The first-order valence-corrected chi connectivity index (χ1v) is 7.39. The van der Waals surface area contributed by atoms with Gasteiger partial charge in [0.05, 0.1) is 0 Å². The maximum Gasteiger partial charge on any atom is 0.128 e. The summed E-state index contributed by atoms with van der Waals surface area (Å²) >= 11 is 0. The van der Waals surface area contributed by atoms with Crippen LogP contribution in [-0.2, 0) is 10.5 Å². The van der Waals surface area contributed by atoms with Crippen LogP contribution in [0.15, 0.2) is 60.7 Å². The third-order valence-electron chi connectivity index (χ3n) is 3.89. The van der Waals surface area contributed by atoms with E-state index in [0.29, 0.717) is 5.75 Å². The first-order chi connectivity index (χ1) is 10.3. The number of rotatable bonds is 2. The molecule has 0 radical (unpaired) electrons. The fourth-order valence-corrected chi connectivity index (χ4v) is 2.73. The van der Waals surface area contributed by atoms with E-state index < -0.39 is 5.60 Å². The van der Waals surface area contributed by atoms with Gasteiger partial charge in [-0.2, -0.15) is 0 Å². The van der Waals surface area contributed by atoms with Crippen molar-refractivity contribution in [3.05, 3.63) is 66.2 Å². The summed E-state index contributed by atoms with van der Waals surface area (Å²) in [6.07, 6.45) is 5.36. The summed E-state index contributed by atoms with van der Waals surface area (Å²) in [5, 5.41) is 17.7. The van der Waals surface area contributed by atoms with Crippen molar-refractivity contribution in [1.29, 1.82) is 0 Å². The second kappa shape index (κ2) is 7.81. The van der Waals surface area contributed by atoms with E-state index in [1.54, 1.807) is 24.3 Å². The average molecular weight is 286 g/mol. The van der Waals surface area contributed by atoms with Crippen LogP contribution in [0.1, 0.15) is 37.7 Å². The molecule has 3 heteroatoms. The predicted molar refractivity (Wildman–Crippen MR) is 83.0 cm³/mol. The molecule has 3 rings (SSSR count). The van der Waals surface area contributed by atoms with Gasteiger partial charge in [-0.05, 0) is 30.5 Å². The van der Waals surface area contributed by atoms with Crippen molar-refractivity contribution < 1.29 is 15.3 Å². The van der Waals surface area contributed by atoms with Crippen LogP contribution in [0.5, 0.6) is 5.75 Å². The molecular formula is C18H22O3. The lowest BCUT2D eigenvalue weighted by Crippen LogP contribution is -2.31. The van der Waals surface area contributed by atoms with Gasteiger partial charge in [0.1, 0.15) is 11.4 Å². The van der Waals surface area contributed by atoms with Crippen LogP contribution in [0.25, 0.3) is 0 Å². The third kappa shape index (κ3) is 4.31. The van der Waals surface area contributed by atoms with Crippen molar-refractivity contribution in [2.75, 3.05) is 0 Å². The van der Waals surface area contributed by atoms with Gasteiger partial charge in [0.2, 0.25) is 0 Å². The zero-order valence-electron chi connectivity index (χ0n) is 12.1. The maximum absolute atomic E-state index is 9.09. The van der Waals surface area contributed by atoms with Crippen LogP contribution in [0.2, 0.25) is 0 Å². The molecule has 1 fully saturated rings. The fraction of sp³-hybridized carbons (Fsp3) is 0.333. The van der Waals surface area contributed by atoms with Gasteiger partial charge in [0.15, 0.2) is 0 Å². The van der Waals surface area contributed by atoms with Crippen molar-refractivity contribution in [3.63, 3.8) is 0 Å². The molecule has 1 aliphatic rings. The van der Waals surface area contributed by atoms with Gasteiger partial charge in [-0.3, -0.25) is 5.26 Å². The standard InChI is InChI=1S/C12H16O2.C6H6O/c13-14-12(9-5-2-6-10-12)11-7-3-1-4-8-11;7-6-4-2-1-3-5-6/h1,3-4,7-8,13H,2,5-6,9-10H2;1-5,7H. The molecule has 0 aromatic heterocycles. The molecule has 0 bridgehead atoms. The predicted octanol–water partition coefficient (Wildman–Crippen LogP) is 4.73. The maximum atomic E-state index is 9.09. The minimum atomic E-state index is -0.431. The highest BCUT2D eigenvalue weighted by atomic mass is 17.1. The van der Waals surface area contributed by atoms with Gasteiger partial charge < -0.3 is 5.11 Å². The summed E-state index contributed by atoms with van der Waals surface area (Å²) in [5.74, 6) is 0.322. The van der Waals surface area contributed by atoms with Crippen molar-refractivity contribution in [2.45, 2.75) is 37.7 Å². The molecule has 0 unspecified atom stereocenters. The minimum Gasteiger partial charge on any atom is -0.508 e. The summed E-state index contributed by atoms with van der Waals surface area (Å²) in [7, 11) is 0. The molecule has 3 nitrogen and oxygen atoms in total. The van der Waals surface area contributed by atoms with E-state index in [9.17, 15) is 0 Å². The van der Waals surface area contributed by atoms with Crippen LogP contribution < -0.4 is 0 Å². The molecule has 0 aliphatic heterocycles. The molecule has 0 saturated heterocycles. The second-order valence-electron chi connectivity index (χ2n) is 5.35. The summed E-state index contributed by atoms with van der Waals surface area (Å²) in [6, 6.07) is 18.7. The van der Waals surface area contributed by atoms with E-state index in [4.69, 9.17) is 15.3 Å². The highest BCUT2D eigenvalue weighted by Crippen LogP contribution is 2.39. The Balaban J connectivity index is 0.000000194. The lowest BCUT2D eigenvalue weighted by atomic mass is 9.80. The van der Waals surface area contributed by atoms with E-state index in [-0.39, 0.29) is 0 Å². The van der Waals surface area contributed by atoms with E-state index in [2.05, 4.69) is 0 Å². The van der Waals surface area contributed by atoms with Gasteiger partial charge in [-0.15, -0.1) is 0 Å². The SMILES string of the molecule is OOC1(c2ccccc2)CCCCC1.Oc1ccccc1. The van der Waals surface area contributed by atoms with Gasteiger partial charge in [0.25, 0.3) is 0 Å². The monoisotopic (exact) mass is 286 g/mol. The number of hydrogen-bond acceptors (Lipinski definition) is 3. The summed E-state index contributed by atoms with van der Waals surface area (Å²) < 4.78 is 0. The molecule has 2 aromatic rings. The van der Waals surface area contributed by atoms with E-state index in [1.165, 1.54) is 6.42 Å². The van der Waals surface area contributed by atoms with Crippen LogP contribution in [0.3, 0.4) is 0 Å². The van der Waals surface area contributed by atoms with Crippen molar-refractivity contribution >= 4 is 0 Å². The molecule has 0 atom stereocenters. The Bertz CT molecular complexity index is 505. The minimum absolute atomic E-state index is 0.322. The van der Waals surface area contributed by atoms with E-state index in [0.717, 1.165) is 31.2 Å². The molecule has 2 aromatic carbocycles. The highest BCUT2D eigenvalue weighted by Gasteiger charge is 2.35. The molecule has 2 N–H and O–H groups in total. The Labute approximate surface area is 125 Å². The zero-order chi connectivity index (χ0) is 15.0. The number of aromatic hydroxyl groups is 1. The lowest BCUT2D eigenvalue weighted by molar-refractivity contribution is -0.337. The number of phenolic OH excluding ortho intramolecular Hbond substituents is 1. The summed E-state index contributed by atoms with van der Waals surface area (Å²) in [5.41, 5.74) is 0.668. The number of benzene rings is 2. The summed E-state index contributed by atoms with van der Waals surface area (Å²) in [4.78, 5) is 4.76. The van der Waals surface area contributed by atoms with Gasteiger partial charge >= 0.3 is 0 Å². The third-order valence-corrected chi connectivity index (χ3v) is 3.89. The quantitative estimate of drug-likeness (QED) is 0.620. The molecule has 21 heavy (non-hydrogen) atoms. The van der Waals surface area contributed by atoms with Crippen LogP contribution in [0, 0.1) is 0 Å². The smallest absolute Gasteiger partial charge is 0.128 e. The van der Waals surface area contributed by atoms with Crippen molar-refractivity contribution in [3.8, 4) is 5.75 Å². The van der Waals surface area contributed by atoms with Crippen LogP contribution in [0.4, 0.5) is 0 Å². The molecular weight excluding hydrogens is 264 g/mol. The molecule has 0 heterocycles. The average Bonchev–Trinajstić information content (AvgIpc) is 2.58. The second-order valence-corrected chi connectivity index (χ2v) is 5.35. The van der Waals surface area contributed by atoms with Crippen molar-refractivity contribution in [2.24, 2.45) is 0 Å². The largest absolute Gasteiger partial charge is 0.508 e. The molecule has 0 amide bonds. The Kier molecular flexibility index (Phi) is 5.78. The van der Waals surface area contributed by atoms with Crippen LogP contribution >= 0.6 is 0 Å². The highest BCUT2D eigenvalue weighted by molar-refractivity contribution is 5.23. The molecule has 1 saturated carbocycles. The fourth-order valence-electron chi connectivity index (χ4n) is 2.73. The first kappa shape index (κ1) is 15.5. The number of para-hydroxylation sites is 1. The molecule has 1 aliphatic carbocycles. The molecule has 0 spiro atoms. The Morgan fingerprint density at radius 3 is 1.71 bits per heavy atom. The van der Waals surface area contributed by atoms with Crippen molar-refractivity contribution in [1.82, 2.24) is 0 Å². The van der Waals surface area contributed by atoms with Gasteiger partial charge in [-0.25, -0.2) is 4.89 Å². The first-order valence-electron chi connectivity index (χ1n) is 7.39. The topological polar surface area (TPSA) is 49.7 Å². The Morgan fingerprint density at radius 2 is 1.29 bits per heavy atom. The zero-order valence-corrected chi connectivity index (χ0v) is 12.1. The normalized spacial score (nSPS) is 16.6. The Hall–Kier alpha value is -1.84. The van der Waals surface area contributed by atoms with E-state index in [1.807, 2.05) is 36.4 Å². The summed E-state index contributed by atoms with van der Waals surface area (Å²) in [6.45, 7) is 0. The lowest BCUT2D eigenvalue weighted by Gasteiger charge is -2.34. The number of phenols is 1. The molecule has 112 valence electrons. The van der Waals surface area contributed by atoms with Gasteiger partial charge in [0, 0.05) is 0 Å². The number of hydrogen-bond donors (Lipinski definition) is 2. The van der Waals surface area contributed by atoms with Gasteiger partial charge in [-0.1, -0.05) is 67.8 Å². The van der Waals surface area contributed by atoms with E-state index >= 15 is 0 Å².